The predicted octanol–water partition coefficient (Wildman–Crippen LogP) is 3.19. The number of hydrogen-bond acceptors (Lipinski definition) is 5. The summed E-state index contributed by atoms with van der Waals surface area (Å²) in [5.41, 5.74) is 8.22. The van der Waals surface area contributed by atoms with Crippen molar-refractivity contribution in [3.05, 3.63) is 64.4 Å². The lowest BCUT2D eigenvalue weighted by Gasteiger charge is -2.49. The molecule has 8 heteroatoms. The quantitative estimate of drug-likeness (QED) is 0.565. The molecule has 2 heterocycles. The van der Waals surface area contributed by atoms with Crippen LogP contribution in [0.1, 0.15) is 11.1 Å². The van der Waals surface area contributed by atoms with Gasteiger partial charge in [-0.25, -0.2) is 4.39 Å². The highest BCUT2D eigenvalue weighted by Gasteiger charge is 2.39. The van der Waals surface area contributed by atoms with Crippen molar-refractivity contribution in [3.8, 4) is 5.75 Å². The van der Waals surface area contributed by atoms with Crippen molar-refractivity contribution in [2.45, 2.75) is 18.6 Å². The molecule has 2 aromatic rings. The van der Waals surface area contributed by atoms with Crippen LogP contribution in [-0.4, -0.2) is 61.2 Å². The van der Waals surface area contributed by atoms with Crippen molar-refractivity contribution in [3.63, 3.8) is 0 Å². The normalized spacial score (nSPS) is 21.5. The van der Waals surface area contributed by atoms with Gasteiger partial charge in [0.15, 0.2) is 0 Å². The van der Waals surface area contributed by atoms with E-state index in [1.807, 2.05) is 4.90 Å². The maximum atomic E-state index is 13.2. The third-order valence-electron chi connectivity index (χ3n) is 5.77. The molecule has 2 bridgehead atoms. The van der Waals surface area contributed by atoms with Gasteiger partial charge in [-0.15, -0.1) is 0 Å². The van der Waals surface area contributed by atoms with Crippen molar-refractivity contribution in [1.29, 1.82) is 0 Å². The second-order valence-electron chi connectivity index (χ2n) is 7.84. The molecule has 2 N–H and O–H groups in total. The Balaban J connectivity index is 1.44. The predicted molar refractivity (Wildman–Crippen MR) is 118 cm³/mol. The zero-order valence-electron chi connectivity index (χ0n) is 17.3. The molecule has 0 spiro atoms. The summed E-state index contributed by atoms with van der Waals surface area (Å²) in [7, 11) is 1.53. The number of rotatable bonds is 5. The second kappa shape index (κ2) is 9.26. The van der Waals surface area contributed by atoms with Gasteiger partial charge in [0.25, 0.3) is 0 Å². The number of morpholine rings is 1. The summed E-state index contributed by atoms with van der Waals surface area (Å²) in [5, 5.41) is 0.425. The lowest BCUT2D eigenvalue weighted by molar-refractivity contribution is -0.141. The number of hydrogen-bond donors (Lipinski definition) is 1. The van der Waals surface area contributed by atoms with Crippen molar-refractivity contribution in [2.75, 3.05) is 39.1 Å². The van der Waals surface area contributed by atoms with Gasteiger partial charge in [-0.2, -0.15) is 0 Å². The third-order valence-corrected chi connectivity index (χ3v) is 6.07. The Kier molecular flexibility index (Phi) is 6.46. The molecular weight excluding hydrogens is 421 g/mol. The van der Waals surface area contributed by atoms with Crippen LogP contribution >= 0.6 is 11.6 Å². The fourth-order valence-electron chi connectivity index (χ4n) is 4.12. The SMILES string of the molecule is COc1cc(C=CC(=O)N2CC3COCC(C2)N3Cc2ccc(F)cc2)c(N)cc1Cl. The number of piperazine rings is 1. The molecule has 2 saturated heterocycles. The van der Waals surface area contributed by atoms with E-state index in [1.165, 1.54) is 25.3 Å². The van der Waals surface area contributed by atoms with Gasteiger partial charge >= 0.3 is 0 Å². The van der Waals surface area contributed by atoms with E-state index in [4.69, 9.17) is 26.8 Å². The van der Waals surface area contributed by atoms with E-state index in [9.17, 15) is 9.18 Å². The number of benzene rings is 2. The summed E-state index contributed by atoms with van der Waals surface area (Å²) in [5.74, 6) is 0.184. The summed E-state index contributed by atoms with van der Waals surface area (Å²) in [4.78, 5) is 17.1. The number of fused-ring (bicyclic) bond motifs is 2. The number of methoxy groups -OCH3 is 1. The van der Waals surface area contributed by atoms with Crippen LogP contribution in [0.2, 0.25) is 5.02 Å². The molecule has 0 radical (unpaired) electrons. The molecule has 6 nitrogen and oxygen atoms in total. The van der Waals surface area contributed by atoms with Gasteiger partial charge in [0.05, 0.1) is 37.4 Å². The Hall–Kier alpha value is -2.61. The average Bonchev–Trinajstić information content (AvgIpc) is 2.74. The highest BCUT2D eigenvalue weighted by molar-refractivity contribution is 6.32. The molecule has 2 aromatic carbocycles. The minimum Gasteiger partial charge on any atom is -0.495 e. The highest BCUT2D eigenvalue weighted by atomic mass is 35.5. The van der Waals surface area contributed by atoms with Crippen molar-refractivity contribution >= 4 is 29.3 Å². The lowest BCUT2D eigenvalue weighted by Crippen LogP contribution is -2.64. The Labute approximate surface area is 186 Å². The van der Waals surface area contributed by atoms with E-state index >= 15 is 0 Å². The molecule has 2 aliphatic heterocycles. The van der Waals surface area contributed by atoms with Crippen LogP contribution in [0.25, 0.3) is 6.08 Å². The largest absolute Gasteiger partial charge is 0.495 e. The minimum atomic E-state index is -0.242. The summed E-state index contributed by atoms with van der Waals surface area (Å²) in [6.45, 7) is 2.97. The number of anilines is 1. The van der Waals surface area contributed by atoms with Gasteiger partial charge in [-0.05, 0) is 35.9 Å². The molecule has 1 amide bonds. The van der Waals surface area contributed by atoms with E-state index in [1.54, 1.807) is 30.3 Å². The van der Waals surface area contributed by atoms with Gasteiger partial charge in [-0.3, -0.25) is 9.69 Å². The van der Waals surface area contributed by atoms with Crippen LogP contribution in [0.15, 0.2) is 42.5 Å². The molecule has 2 atom stereocenters. The molecule has 164 valence electrons. The number of ether oxygens (including phenoxy) is 2. The number of carbonyl (C=O) groups is 1. The van der Waals surface area contributed by atoms with E-state index in [2.05, 4.69) is 4.90 Å². The lowest BCUT2D eigenvalue weighted by atomic mass is 10.0. The zero-order valence-corrected chi connectivity index (χ0v) is 18.0. The molecular formula is C23H25ClFN3O3. The topological polar surface area (TPSA) is 68.0 Å². The third kappa shape index (κ3) is 4.84. The zero-order chi connectivity index (χ0) is 22.0. The first-order valence-electron chi connectivity index (χ1n) is 10.1. The number of nitrogens with zero attached hydrogens (tertiary/aromatic N) is 2. The van der Waals surface area contributed by atoms with Crippen LogP contribution in [0.4, 0.5) is 10.1 Å². The molecule has 31 heavy (non-hydrogen) atoms. The monoisotopic (exact) mass is 445 g/mol. The average molecular weight is 446 g/mol. The minimum absolute atomic E-state index is 0.0772. The first kappa shape index (κ1) is 21.6. The fourth-order valence-corrected chi connectivity index (χ4v) is 4.37. The van der Waals surface area contributed by atoms with Crippen LogP contribution in [0, 0.1) is 5.82 Å². The van der Waals surface area contributed by atoms with E-state index in [0.29, 0.717) is 54.9 Å². The summed E-state index contributed by atoms with van der Waals surface area (Å²) in [6.07, 6.45) is 3.22. The first-order valence-corrected chi connectivity index (χ1v) is 10.5. The van der Waals surface area contributed by atoms with Crippen LogP contribution in [0.3, 0.4) is 0 Å². The van der Waals surface area contributed by atoms with Gasteiger partial charge in [-0.1, -0.05) is 23.7 Å². The Morgan fingerprint density at radius 1 is 1.26 bits per heavy atom. The van der Waals surface area contributed by atoms with Gasteiger partial charge in [0.1, 0.15) is 11.6 Å². The maximum absolute atomic E-state index is 13.2. The van der Waals surface area contributed by atoms with Crippen LogP contribution in [0.5, 0.6) is 5.75 Å². The Morgan fingerprint density at radius 2 is 1.94 bits per heavy atom. The highest BCUT2D eigenvalue weighted by Crippen LogP contribution is 2.30. The van der Waals surface area contributed by atoms with E-state index in [0.717, 1.165) is 5.56 Å². The Morgan fingerprint density at radius 3 is 2.58 bits per heavy atom. The van der Waals surface area contributed by atoms with E-state index in [-0.39, 0.29) is 23.8 Å². The summed E-state index contributed by atoms with van der Waals surface area (Å²) < 4.78 is 24.2. The Bertz CT molecular complexity index is 969. The number of carbonyl (C=O) groups excluding carboxylic acids is 1. The van der Waals surface area contributed by atoms with Crippen molar-refractivity contribution < 1.29 is 18.7 Å². The maximum Gasteiger partial charge on any atom is 0.246 e. The first-order chi connectivity index (χ1) is 14.9. The van der Waals surface area contributed by atoms with E-state index < -0.39 is 0 Å². The molecule has 0 aromatic heterocycles. The fraction of sp³-hybridized carbons (Fsp3) is 0.348. The van der Waals surface area contributed by atoms with Crippen LogP contribution < -0.4 is 10.5 Å². The number of nitrogen functional groups attached to an aromatic ring is 1. The number of nitrogens with two attached hydrogens (primary N) is 1. The van der Waals surface area contributed by atoms with Gasteiger partial charge < -0.3 is 20.1 Å². The summed E-state index contributed by atoms with van der Waals surface area (Å²) in [6, 6.07) is 10.1. The molecule has 2 aliphatic rings. The molecule has 0 saturated carbocycles. The molecule has 2 fully saturated rings. The van der Waals surface area contributed by atoms with Gasteiger partial charge in [0.2, 0.25) is 5.91 Å². The summed E-state index contributed by atoms with van der Waals surface area (Å²) >= 11 is 6.08. The smallest absolute Gasteiger partial charge is 0.246 e. The molecule has 0 aliphatic carbocycles. The standard InChI is InChI=1S/C23H25ClFN3O3/c1-30-22-8-16(21(26)9-20(22)24)4-7-23(29)27-11-18-13-31-14-19(12-27)28(18)10-15-2-5-17(25)6-3-15/h2-9,18-19H,10-14,26H2,1H3. The number of amides is 1. The van der Waals surface area contributed by atoms with Crippen molar-refractivity contribution in [1.82, 2.24) is 9.80 Å². The molecule has 4 rings (SSSR count). The van der Waals surface area contributed by atoms with Gasteiger partial charge in [0, 0.05) is 37.0 Å². The van der Waals surface area contributed by atoms with Crippen molar-refractivity contribution in [2.24, 2.45) is 0 Å². The van der Waals surface area contributed by atoms with Crippen LogP contribution in [-0.2, 0) is 16.1 Å². The number of halogens is 2. The second-order valence-corrected chi connectivity index (χ2v) is 8.24. The molecule has 2 unspecified atom stereocenters.